The molecule has 0 atom stereocenters. The van der Waals surface area contributed by atoms with E-state index in [0.717, 1.165) is 11.1 Å². The summed E-state index contributed by atoms with van der Waals surface area (Å²) in [6.07, 6.45) is 0. The molecule has 0 saturated heterocycles. The van der Waals surface area contributed by atoms with Crippen LogP contribution in [0.5, 0.6) is 11.5 Å². The molecule has 88 valence electrons. The summed E-state index contributed by atoms with van der Waals surface area (Å²) in [5.41, 5.74) is 2.10. The van der Waals surface area contributed by atoms with Crippen LogP contribution in [0, 0.1) is 0 Å². The standard InChI is InChI=1S/C15H16O2.2K/c1-15(2,11-3-7-13(16)8-4-11)12-5-9-14(17)10-6-12;;/h3-10,16-17H,1-2H3;;/q;2*+1. The molecule has 4 heteroatoms. The van der Waals surface area contributed by atoms with Gasteiger partial charge in [-0.15, -0.1) is 0 Å². The van der Waals surface area contributed by atoms with Crippen LogP contribution < -0.4 is 103 Å². The maximum Gasteiger partial charge on any atom is 1.00 e. The molecule has 2 rings (SSSR count). The smallest absolute Gasteiger partial charge is 0.508 e. The fourth-order valence-corrected chi connectivity index (χ4v) is 1.92. The summed E-state index contributed by atoms with van der Waals surface area (Å²) in [6.45, 7) is 4.23. The third kappa shape index (κ3) is 5.22. The van der Waals surface area contributed by atoms with Crippen molar-refractivity contribution in [1.82, 2.24) is 0 Å². The van der Waals surface area contributed by atoms with Gasteiger partial charge in [0, 0.05) is 5.41 Å². The summed E-state index contributed by atoms with van der Waals surface area (Å²) >= 11 is 0. The molecule has 2 nitrogen and oxygen atoms in total. The van der Waals surface area contributed by atoms with Crippen LogP contribution in [-0.4, -0.2) is 10.2 Å². The fraction of sp³-hybridized carbons (Fsp3) is 0.200. The van der Waals surface area contributed by atoms with Crippen molar-refractivity contribution in [1.29, 1.82) is 0 Å². The minimum absolute atomic E-state index is 0. The van der Waals surface area contributed by atoms with Gasteiger partial charge in [-0.05, 0) is 35.4 Å². The Labute approximate surface area is 199 Å². The average molecular weight is 306 g/mol. The van der Waals surface area contributed by atoms with Gasteiger partial charge in [0.2, 0.25) is 0 Å². The molecule has 0 radical (unpaired) electrons. The van der Waals surface area contributed by atoms with E-state index in [2.05, 4.69) is 13.8 Å². The molecular formula is C15H16K2O2+2. The second kappa shape index (κ2) is 8.68. The van der Waals surface area contributed by atoms with Crippen LogP contribution in [0.4, 0.5) is 0 Å². The molecule has 0 heterocycles. The van der Waals surface area contributed by atoms with Gasteiger partial charge < -0.3 is 10.2 Å². The second-order valence-electron chi connectivity index (χ2n) is 4.72. The second-order valence-corrected chi connectivity index (χ2v) is 4.72. The Morgan fingerprint density at radius 2 is 0.895 bits per heavy atom. The summed E-state index contributed by atoms with van der Waals surface area (Å²) in [5, 5.41) is 18.6. The number of phenols is 2. The summed E-state index contributed by atoms with van der Waals surface area (Å²) in [4.78, 5) is 0. The normalized spacial score (nSPS) is 10.2. The first-order chi connectivity index (χ1) is 8.00. The molecule has 0 aliphatic carbocycles. The number of aromatic hydroxyl groups is 2. The number of benzene rings is 2. The first-order valence-electron chi connectivity index (χ1n) is 5.59. The number of hydrogen-bond acceptors (Lipinski definition) is 2. The Kier molecular flexibility index (Phi) is 9.28. The van der Waals surface area contributed by atoms with Gasteiger partial charge in [-0.1, -0.05) is 38.1 Å². The Morgan fingerprint density at radius 1 is 0.632 bits per heavy atom. The van der Waals surface area contributed by atoms with Crippen molar-refractivity contribution >= 4 is 0 Å². The molecular weight excluding hydrogens is 290 g/mol. The maximum absolute atomic E-state index is 9.30. The molecule has 2 N–H and O–H groups in total. The van der Waals surface area contributed by atoms with Crippen molar-refractivity contribution in [3.05, 3.63) is 59.7 Å². The minimum atomic E-state index is -0.151. The van der Waals surface area contributed by atoms with Crippen molar-refractivity contribution < 1.29 is 113 Å². The third-order valence-corrected chi connectivity index (χ3v) is 3.18. The molecule has 0 saturated carbocycles. The van der Waals surface area contributed by atoms with Gasteiger partial charge in [-0.3, -0.25) is 0 Å². The maximum atomic E-state index is 9.30. The fourth-order valence-electron chi connectivity index (χ4n) is 1.92. The zero-order chi connectivity index (χ0) is 12.5. The molecule has 19 heavy (non-hydrogen) atoms. The van der Waals surface area contributed by atoms with Crippen LogP contribution in [0.2, 0.25) is 0 Å². The van der Waals surface area contributed by atoms with Crippen LogP contribution in [-0.2, 0) is 5.41 Å². The summed E-state index contributed by atoms with van der Waals surface area (Å²) in [7, 11) is 0. The Balaban J connectivity index is 0.00000162. The van der Waals surface area contributed by atoms with E-state index in [1.165, 1.54) is 0 Å². The first-order valence-corrected chi connectivity index (χ1v) is 5.59. The van der Waals surface area contributed by atoms with Gasteiger partial charge >= 0.3 is 103 Å². The molecule has 2 aromatic carbocycles. The van der Waals surface area contributed by atoms with E-state index in [-0.39, 0.29) is 120 Å². The number of rotatable bonds is 2. The molecule has 0 bridgehead atoms. The zero-order valence-electron chi connectivity index (χ0n) is 12.0. The Hall–Kier alpha value is 1.31. The van der Waals surface area contributed by atoms with E-state index in [0.29, 0.717) is 0 Å². The molecule has 0 amide bonds. The van der Waals surface area contributed by atoms with E-state index >= 15 is 0 Å². The number of hydrogen-bond donors (Lipinski definition) is 2. The topological polar surface area (TPSA) is 40.5 Å². The summed E-state index contributed by atoms with van der Waals surface area (Å²) < 4.78 is 0. The Morgan fingerprint density at radius 3 is 1.16 bits per heavy atom. The van der Waals surface area contributed by atoms with Gasteiger partial charge in [0.05, 0.1) is 0 Å². The molecule has 0 spiro atoms. The van der Waals surface area contributed by atoms with Gasteiger partial charge in [0.15, 0.2) is 0 Å². The van der Waals surface area contributed by atoms with Crippen molar-refractivity contribution in [2.75, 3.05) is 0 Å². The average Bonchev–Trinajstić information content (AvgIpc) is 2.30. The summed E-state index contributed by atoms with van der Waals surface area (Å²) in [5.74, 6) is 0.547. The third-order valence-electron chi connectivity index (χ3n) is 3.18. The molecule has 2 aromatic rings. The SMILES string of the molecule is CC(C)(c1ccc(O)cc1)c1ccc(O)cc1.[K+].[K+]. The van der Waals surface area contributed by atoms with Crippen LogP contribution in [0.15, 0.2) is 48.5 Å². The summed E-state index contributed by atoms with van der Waals surface area (Å²) in [6, 6.07) is 14.4. The van der Waals surface area contributed by atoms with Crippen molar-refractivity contribution in [2.24, 2.45) is 0 Å². The quantitative estimate of drug-likeness (QED) is 0.599. The molecule has 0 unspecified atom stereocenters. The predicted molar refractivity (Wildman–Crippen MR) is 68.3 cm³/mol. The van der Waals surface area contributed by atoms with Crippen LogP contribution >= 0.6 is 0 Å². The van der Waals surface area contributed by atoms with E-state index in [9.17, 15) is 10.2 Å². The molecule has 0 fully saturated rings. The first kappa shape index (κ1) is 20.3. The minimum Gasteiger partial charge on any atom is -0.508 e. The van der Waals surface area contributed by atoms with E-state index < -0.39 is 0 Å². The Bertz CT molecular complexity index is 457. The van der Waals surface area contributed by atoms with Gasteiger partial charge in [-0.25, -0.2) is 0 Å². The van der Waals surface area contributed by atoms with Crippen LogP contribution in [0.1, 0.15) is 25.0 Å². The van der Waals surface area contributed by atoms with Crippen LogP contribution in [0.25, 0.3) is 0 Å². The monoisotopic (exact) mass is 306 g/mol. The largest absolute Gasteiger partial charge is 1.00 e. The van der Waals surface area contributed by atoms with Crippen molar-refractivity contribution in [3.63, 3.8) is 0 Å². The van der Waals surface area contributed by atoms with E-state index in [1.807, 2.05) is 24.3 Å². The van der Waals surface area contributed by atoms with E-state index in [1.54, 1.807) is 24.3 Å². The van der Waals surface area contributed by atoms with E-state index in [4.69, 9.17) is 0 Å². The predicted octanol–water partition coefficient (Wildman–Crippen LogP) is -2.57. The molecule has 0 aliphatic rings. The van der Waals surface area contributed by atoms with Gasteiger partial charge in [0.1, 0.15) is 11.5 Å². The van der Waals surface area contributed by atoms with Crippen molar-refractivity contribution in [2.45, 2.75) is 19.3 Å². The molecule has 0 aromatic heterocycles. The van der Waals surface area contributed by atoms with Gasteiger partial charge in [0.25, 0.3) is 0 Å². The van der Waals surface area contributed by atoms with Crippen molar-refractivity contribution in [3.8, 4) is 11.5 Å². The van der Waals surface area contributed by atoms with Crippen LogP contribution in [0.3, 0.4) is 0 Å². The number of phenolic OH excluding ortho intramolecular Hbond substituents is 2. The molecule has 0 aliphatic heterocycles. The van der Waals surface area contributed by atoms with Gasteiger partial charge in [-0.2, -0.15) is 0 Å². The zero-order valence-corrected chi connectivity index (χ0v) is 18.3.